The van der Waals surface area contributed by atoms with Crippen LogP contribution < -0.4 is 5.73 Å². The van der Waals surface area contributed by atoms with Crippen molar-refractivity contribution in [3.05, 3.63) is 0 Å². The van der Waals surface area contributed by atoms with Gasteiger partial charge in [0, 0.05) is 0 Å². The topological polar surface area (TPSA) is 43.1 Å². The molecule has 0 unspecified atom stereocenters. The molecule has 0 aliphatic carbocycles. The van der Waals surface area contributed by atoms with E-state index in [0.717, 1.165) is 6.92 Å². The number of amides is 1. The molecule has 0 saturated heterocycles. The number of hydrogen-bond acceptors (Lipinski definition) is 1. The Labute approximate surface area is 52.0 Å². The largest absolute Gasteiger partial charge is 0.369 e. The molecule has 0 fully saturated rings. The van der Waals surface area contributed by atoms with Gasteiger partial charge in [-0.1, -0.05) is 0 Å². The number of halogens is 2. The lowest BCUT2D eigenvalue weighted by Gasteiger charge is -2.16. The summed E-state index contributed by atoms with van der Waals surface area (Å²) in [6.45, 7) is -0.937. The van der Waals surface area contributed by atoms with Gasteiger partial charge in [-0.15, -0.1) is 0 Å². The fourth-order valence-electron chi connectivity index (χ4n) is 0.167. The van der Waals surface area contributed by atoms with Crippen molar-refractivity contribution in [3.63, 3.8) is 0 Å². The van der Waals surface area contributed by atoms with Crippen molar-refractivity contribution in [3.8, 4) is 0 Å². The summed E-state index contributed by atoms with van der Waals surface area (Å²) in [5.74, 6) is -0.937. The van der Waals surface area contributed by atoms with E-state index < -0.39 is 24.7 Å². The predicted octanol–water partition coefficient (Wildman–Crippen LogP) is 0.417. The van der Waals surface area contributed by atoms with Gasteiger partial charge < -0.3 is 5.73 Å². The van der Waals surface area contributed by atoms with E-state index >= 15 is 0 Å². The molecule has 0 bridgehead atoms. The summed E-state index contributed by atoms with van der Waals surface area (Å²) in [5.41, 5.74) is 3.06. The smallest absolute Gasteiger partial charge is 0.228 e. The average molecular weight is 137 g/mol. The lowest BCUT2D eigenvalue weighted by molar-refractivity contribution is -0.128. The number of carbonyl (C=O) groups excluding carboxylic acids is 1. The summed E-state index contributed by atoms with van der Waals surface area (Å²) in [4.78, 5) is 10.2. The van der Waals surface area contributed by atoms with Crippen LogP contribution in [0.15, 0.2) is 0 Å². The van der Waals surface area contributed by atoms with Gasteiger partial charge in [-0.25, -0.2) is 8.78 Å². The van der Waals surface area contributed by atoms with Crippen LogP contribution in [0.1, 0.15) is 6.92 Å². The summed E-state index contributed by atoms with van der Waals surface area (Å²) in [7, 11) is 0. The number of carbonyl (C=O) groups is 1. The van der Waals surface area contributed by atoms with E-state index in [1.165, 1.54) is 0 Å². The van der Waals surface area contributed by atoms with Crippen molar-refractivity contribution in [1.82, 2.24) is 0 Å². The van der Waals surface area contributed by atoms with Crippen LogP contribution in [-0.4, -0.2) is 19.3 Å². The Bertz CT molecular complexity index is 112. The quantitative estimate of drug-likeness (QED) is 0.601. The number of alkyl halides is 2. The zero-order valence-corrected chi connectivity index (χ0v) is 5.16. The second-order valence-corrected chi connectivity index (χ2v) is 2.19. The summed E-state index contributed by atoms with van der Waals surface area (Å²) < 4.78 is 23.5. The van der Waals surface area contributed by atoms with Gasteiger partial charge in [0.25, 0.3) is 0 Å². The molecule has 2 nitrogen and oxygen atoms in total. The number of hydrogen-bond donors (Lipinski definition) is 1. The normalized spacial score (nSPS) is 11.4. The summed E-state index contributed by atoms with van der Waals surface area (Å²) in [5, 5.41) is 0. The van der Waals surface area contributed by atoms with Crippen molar-refractivity contribution in [2.75, 3.05) is 13.3 Å². The fourth-order valence-corrected chi connectivity index (χ4v) is 0.167. The van der Waals surface area contributed by atoms with Crippen LogP contribution in [0, 0.1) is 5.41 Å². The molecule has 2 N–H and O–H groups in total. The molecule has 0 spiro atoms. The monoisotopic (exact) mass is 137 g/mol. The second-order valence-electron chi connectivity index (χ2n) is 2.19. The molecule has 0 heterocycles. The summed E-state index contributed by atoms with van der Waals surface area (Å²) in [6.07, 6.45) is 0. The molecule has 0 aliphatic heterocycles. The van der Waals surface area contributed by atoms with Crippen LogP contribution in [0.5, 0.6) is 0 Å². The van der Waals surface area contributed by atoms with Gasteiger partial charge in [0.05, 0.1) is 0 Å². The molecule has 1 amide bonds. The standard InChI is InChI=1S/C5H9F2NO/c1-5(2-6,3-7)4(8)9/h2-3H2,1H3,(H2,8,9). The van der Waals surface area contributed by atoms with Crippen molar-refractivity contribution in [2.45, 2.75) is 6.92 Å². The van der Waals surface area contributed by atoms with Crippen molar-refractivity contribution in [2.24, 2.45) is 11.1 Å². The highest BCUT2D eigenvalue weighted by molar-refractivity contribution is 5.80. The van der Waals surface area contributed by atoms with Crippen LogP contribution in [0.3, 0.4) is 0 Å². The van der Waals surface area contributed by atoms with Crippen LogP contribution in [0.4, 0.5) is 8.78 Å². The van der Waals surface area contributed by atoms with Crippen LogP contribution in [0.2, 0.25) is 0 Å². The molecular weight excluding hydrogens is 128 g/mol. The van der Waals surface area contributed by atoms with Crippen LogP contribution in [0.25, 0.3) is 0 Å². The number of nitrogens with two attached hydrogens (primary N) is 1. The Morgan fingerprint density at radius 3 is 1.89 bits per heavy atom. The fraction of sp³-hybridized carbons (Fsp3) is 0.800. The van der Waals surface area contributed by atoms with Gasteiger partial charge in [-0.2, -0.15) is 0 Å². The van der Waals surface area contributed by atoms with Gasteiger partial charge >= 0.3 is 0 Å². The third-order valence-corrected chi connectivity index (χ3v) is 1.18. The van der Waals surface area contributed by atoms with E-state index in [1.807, 2.05) is 0 Å². The van der Waals surface area contributed by atoms with E-state index in [0.29, 0.717) is 0 Å². The SMILES string of the molecule is CC(CF)(CF)C(N)=O. The zero-order chi connectivity index (χ0) is 7.49. The molecule has 0 atom stereocenters. The van der Waals surface area contributed by atoms with Gasteiger partial charge in [-0.3, -0.25) is 4.79 Å². The molecular formula is C5H9F2NO. The first-order valence-corrected chi connectivity index (χ1v) is 2.48. The Hall–Kier alpha value is -0.670. The molecule has 9 heavy (non-hydrogen) atoms. The van der Waals surface area contributed by atoms with E-state index in [4.69, 9.17) is 0 Å². The maximum Gasteiger partial charge on any atom is 0.228 e. The van der Waals surface area contributed by atoms with Gasteiger partial charge in [-0.05, 0) is 6.92 Å². The number of rotatable bonds is 3. The maximum absolute atomic E-state index is 11.8. The molecule has 0 aromatic carbocycles. The van der Waals surface area contributed by atoms with E-state index in [9.17, 15) is 13.6 Å². The Morgan fingerprint density at radius 1 is 1.56 bits per heavy atom. The molecule has 0 saturated carbocycles. The second kappa shape index (κ2) is 2.75. The summed E-state index contributed by atoms with van der Waals surface area (Å²) in [6, 6.07) is 0. The predicted molar refractivity (Wildman–Crippen MR) is 29.3 cm³/mol. The summed E-state index contributed by atoms with van der Waals surface area (Å²) >= 11 is 0. The molecule has 0 aromatic rings. The molecule has 4 heteroatoms. The van der Waals surface area contributed by atoms with Gasteiger partial charge in [0.15, 0.2) is 0 Å². The third-order valence-electron chi connectivity index (χ3n) is 1.18. The molecule has 54 valence electrons. The lowest BCUT2D eigenvalue weighted by atomic mass is 9.94. The van der Waals surface area contributed by atoms with Crippen molar-refractivity contribution >= 4 is 5.91 Å². The Kier molecular flexibility index (Phi) is 2.55. The van der Waals surface area contributed by atoms with E-state index in [-0.39, 0.29) is 0 Å². The first kappa shape index (κ1) is 8.33. The first-order chi connectivity index (χ1) is 4.06. The highest BCUT2D eigenvalue weighted by Crippen LogP contribution is 2.15. The van der Waals surface area contributed by atoms with Crippen LogP contribution in [-0.2, 0) is 4.79 Å². The lowest BCUT2D eigenvalue weighted by Crippen LogP contribution is -2.38. The maximum atomic E-state index is 11.8. The van der Waals surface area contributed by atoms with E-state index in [1.54, 1.807) is 0 Å². The minimum atomic E-state index is -1.61. The third kappa shape index (κ3) is 1.62. The Balaban J connectivity index is 4.09. The molecule has 0 aromatic heterocycles. The minimum Gasteiger partial charge on any atom is -0.369 e. The van der Waals surface area contributed by atoms with Gasteiger partial charge in [0.2, 0.25) is 5.91 Å². The van der Waals surface area contributed by atoms with Crippen LogP contribution >= 0.6 is 0 Å². The van der Waals surface area contributed by atoms with Gasteiger partial charge in [0.1, 0.15) is 18.8 Å². The zero-order valence-electron chi connectivity index (χ0n) is 5.16. The Morgan fingerprint density at radius 2 is 1.89 bits per heavy atom. The molecule has 0 rings (SSSR count). The highest BCUT2D eigenvalue weighted by atomic mass is 19.1. The van der Waals surface area contributed by atoms with Crippen molar-refractivity contribution < 1.29 is 13.6 Å². The van der Waals surface area contributed by atoms with Crippen molar-refractivity contribution in [1.29, 1.82) is 0 Å². The van der Waals surface area contributed by atoms with E-state index in [2.05, 4.69) is 5.73 Å². The first-order valence-electron chi connectivity index (χ1n) is 2.48. The number of primary amides is 1. The molecule has 0 aliphatic rings. The average Bonchev–Trinajstić information content (AvgIpc) is 1.86. The molecule has 0 radical (unpaired) electrons. The minimum absolute atomic E-state index is 0.937. The highest BCUT2D eigenvalue weighted by Gasteiger charge is 2.31.